The van der Waals surface area contributed by atoms with Crippen LogP contribution in [0.15, 0.2) is 0 Å². The van der Waals surface area contributed by atoms with Crippen LogP contribution in [0.1, 0.15) is 46.5 Å². The second-order valence-corrected chi connectivity index (χ2v) is 4.81. The number of hydrogen-bond donors (Lipinski definition) is 0. The monoisotopic (exact) mass is 197 g/mol. The van der Waals surface area contributed by atoms with Gasteiger partial charge in [0, 0.05) is 19.0 Å². The first-order valence-corrected chi connectivity index (χ1v) is 5.94. The Bertz CT molecular complexity index is 187. The summed E-state index contributed by atoms with van der Waals surface area (Å²) in [6.07, 6.45) is 4.52. The lowest BCUT2D eigenvalue weighted by Gasteiger charge is -2.33. The summed E-state index contributed by atoms with van der Waals surface area (Å²) in [5, 5.41) is 0. The van der Waals surface area contributed by atoms with Gasteiger partial charge >= 0.3 is 0 Å². The fraction of sp³-hybridized carbons (Fsp3) is 0.917. The molecular formula is C12H23NO. The second-order valence-electron chi connectivity index (χ2n) is 4.81. The third kappa shape index (κ3) is 3.00. The van der Waals surface area contributed by atoms with E-state index in [4.69, 9.17) is 0 Å². The molecule has 0 aromatic carbocycles. The summed E-state index contributed by atoms with van der Waals surface area (Å²) in [7, 11) is 0. The minimum absolute atomic E-state index is 0.326. The molecule has 0 N–H and O–H groups in total. The predicted molar refractivity (Wildman–Crippen MR) is 59.1 cm³/mol. The average molecular weight is 197 g/mol. The minimum atomic E-state index is 0.326. The standard InChI is InChI=1S/C12H23NO/c1-4-6-11-7-5-8-13(12(11)14)9-10(2)3/h10-11H,4-9H2,1-3H3. The van der Waals surface area contributed by atoms with E-state index in [9.17, 15) is 4.79 Å². The van der Waals surface area contributed by atoms with Gasteiger partial charge in [-0.3, -0.25) is 4.79 Å². The van der Waals surface area contributed by atoms with Crippen molar-refractivity contribution in [2.75, 3.05) is 13.1 Å². The number of carbonyl (C=O) groups excluding carboxylic acids is 1. The molecule has 1 atom stereocenters. The molecule has 1 fully saturated rings. The van der Waals surface area contributed by atoms with Crippen molar-refractivity contribution in [2.45, 2.75) is 46.5 Å². The number of amides is 1. The van der Waals surface area contributed by atoms with Gasteiger partial charge in [0.15, 0.2) is 0 Å². The van der Waals surface area contributed by atoms with Crippen LogP contribution in [0.2, 0.25) is 0 Å². The number of carbonyl (C=O) groups is 1. The van der Waals surface area contributed by atoms with E-state index in [1.807, 2.05) is 0 Å². The fourth-order valence-corrected chi connectivity index (χ4v) is 2.26. The first kappa shape index (κ1) is 11.5. The van der Waals surface area contributed by atoms with Gasteiger partial charge in [-0.15, -0.1) is 0 Å². The molecule has 0 aromatic rings. The van der Waals surface area contributed by atoms with E-state index in [0.717, 1.165) is 32.4 Å². The van der Waals surface area contributed by atoms with E-state index in [2.05, 4.69) is 25.7 Å². The lowest BCUT2D eigenvalue weighted by Crippen LogP contribution is -2.42. The van der Waals surface area contributed by atoms with Gasteiger partial charge in [-0.2, -0.15) is 0 Å². The molecule has 2 heteroatoms. The van der Waals surface area contributed by atoms with Crippen molar-refractivity contribution in [3.05, 3.63) is 0 Å². The van der Waals surface area contributed by atoms with Gasteiger partial charge in [-0.1, -0.05) is 27.2 Å². The van der Waals surface area contributed by atoms with Gasteiger partial charge in [0.1, 0.15) is 0 Å². The Morgan fingerprint density at radius 3 is 2.79 bits per heavy atom. The maximum absolute atomic E-state index is 12.0. The molecule has 0 bridgehead atoms. The molecule has 1 aliphatic rings. The van der Waals surface area contributed by atoms with Gasteiger partial charge in [-0.05, 0) is 25.2 Å². The van der Waals surface area contributed by atoms with Crippen molar-refractivity contribution < 1.29 is 4.79 Å². The quantitative estimate of drug-likeness (QED) is 0.678. The SMILES string of the molecule is CCCC1CCCN(CC(C)C)C1=O. The highest BCUT2D eigenvalue weighted by Crippen LogP contribution is 2.22. The van der Waals surface area contributed by atoms with Gasteiger partial charge in [0.25, 0.3) is 0 Å². The van der Waals surface area contributed by atoms with E-state index in [1.165, 1.54) is 6.42 Å². The Kier molecular flexibility index (Phi) is 4.43. The highest BCUT2D eigenvalue weighted by Gasteiger charge is 2.27. The van der Waals surface area contributed by atoms with Gasteiger partial charge in [-0.25, -0.2) is 0 Å². The highest BCUT2D eigenvalue weighted by molar-refractivity contribution is 5.79. The molecule has 2 nitrogen and oxygen atoms in total. The van der Waals surface area contributed by atoms with E-state index in [-0.39, 0.29) is 0 Å². The third-order valence-corrected chi connectivity index (χ3v) is 2.86. The van der Waals surface area contributed by atoms with Crippen LogP contribution in [0, 0.1) is 11.8 Å². The number of nitrogens with zero attached hydrogens (tertiary/aromatic N) is 1. The maximum atomic E-state index is 12.0. The molecule has 1 amide bonds. The average Bonchev–Trinajstić information content (AvgIpc) is 2.11. The van der Waals surface area contributed by atoms with Crippen LogP contribution in [0.5, 0.6) is 0 Å². The second kappa shape index (κ2) is 5.38. The molecule has 0 spiro atoms. The summed E-state index contributed by atoms with van der Waals surface area (Å²) in [4.78, 5) is 14.0. The number of likely N-dealkylation sites (tertiary alicyclic amines) is 1. The molecule has 14 heavy (non-hydrogen) atoms. The van der Waals surface area contributed by atoms with Crippen molar-refractivity contribution in [3.8, 4) is 0 Å². The maximum Gasteiger partial charge on any atom is 0.225 e. The summed E-state index contributed by atoms with van der Waals surface area (Å²) in [6, 6.07) is 0. The molecule has 0 aromatic heterocycles. The van der Waals surface area contributed by atoms with Crippen LogP contribution in [0.25, 0.3) is 0 Å². The molecule has 0 saturated carbocycles. The molecular weight excluding hydrogens is 174 g/mol. The molecule has 1 aliphatic heterocycles. The van der Waals surface area contributed by atoms with E-state index >= 15 is 0 Å². The minimum Gasteiger partial charge on any atom is -0.342 e. The number of piperidine rings is 1. The van der Waals surface area contributed by atoms with Crippen LogP contribution in [0.4, 0.5) is 0 Å². The molecule has 82 valence electrons. The molecule has 0 aliphatic carbocycles. The Hall–Kier alpha value is -0.530. The molecule has 1 heterocycles. The summed E-state index contributed by atoms with van der Waals surface area (Å²) in [5.41, 5.74) is 0. The highest BCUT2D eigenvalue weighted by atomic mass is 16.2. The summed E-state index contributed by atoms with van der Waals surface area (Å²) >= 11 is 0. The van der Waals surface area contributed by atoms with Gasteiger partial charge in [0.2, 0.25) is 5.91 Å². The van der Waals surface area contributed by atoms with Crippen molar-refractivity contribution >= 4 is 5.91 Å². The van der Waals surface area contributed by atoms with E-state index in [0.29, 0.717) is 17.7 Å². The van der Waals surface area contributed by atoms with Crippen LogP contribution < -0.4 is 0 Å². The number of rotatable bonds is 4. The topological polar surface area (TPSA) is 20.3 Å². The van der Waals surface area contributed by atoms with Crippen molar-refractivity contribution in [1.82, 2.24) is 4.90 Å². The predicted octanol–water partition coefficient (Wildman–Crippen LogP) is 2.68. The van der Waals surface area contributed by atoms with Crippen molar-refractivity contribution in [3.63, 3.8) is 0 Å². The summed E-state index contributed by atoms with van der Waals surface area (Å²) in [6.45, 7) is 8.44. The van der Waals surface area contributed by atoms with Crippen LogP contribution in [-0.2, 0) is 4.79 Å². The zero-order valence-corrected chi connectivity index (χ0v) is 9.75. The van der Waals surface area contributed by atoms with Crippen molar-refractivity contribution in [2.24, 2.45) is 11.8 Å². The first-order valence-electron chi connectivity index (χ1n) is 5.94. The van der Waals surface area contributed by atoms with E-state index < -0.39 is 0 Å². The Balaban J connectivity index is 2.48. The lowest BCUT2D eigenvalue weighted by molar-refractivity contribution is -0.139. The summed E-state index contributed by atoms with van der Waals surface area (Å²) in [5.74, 6) is 1.33. The normalized spacial score (nSPS) is 23.3. The smallest absolute Gasteiger partial charge is 0.225 e. The van der Waals surface area contributed by atoms with Crippen LogP contribution in [0.3, 0.4) is 0 Å². The third-order valence-electron chi connectivity index (χ3n) is 2.86. The lowest BCUT2D eigenvalue weighted by atomic mass is 9.92. The Morgan fingerprint density at radius 2 is 2.21 bits per heavy atom. The fourth-order valence-electron chi connectivity index (χ4n) is 2.26. The van der Waals surface area contributed by atoms with Crippen LogP contribution in [-0.4, -0.2) is 23.9 Å². The largest absolute Gasteiger partial charge is 0.342 e. The Morgan fingerprint density at radius 1 is 1.50 bits per heavy atom. The zero-order chi connectivity index (χ0) is 10.6. The Labute approximate surface area is 87.7 Å². The van der Waals surface area contributed by atoms with Crippen LogP contribution >= 0.6 is 0 Å². The number of hydrogen-bond acceptors (Lipinski definition) is 1. The van der Waals surface area contributed by atoms with E-state index in [1.54, 1.807) is 0 Å². The first-order chi connectivity index (χ1) is 6.65. The molecule has 1 unspecified atom stereocenters. The molecule has 1 rings (SSSR count). The van der Waals surface area contributed by atoms with Gasteiger partial charge < -0.3 is 4.90 Å². The summed E-state index contributed by atoms with van der Waals surface area (Å²) < 4.78 is 0. The zero-order valence-electron chi connectivity index (χ0n) is 9.75. The van der Waals surface area contributed by atoms with Gasteiger partial charge in [0.05, 0.1) is 0 Å². The van der Waals surface area contributed by atoms with Crippen molar-refractivity contribution in [1.29, 1.82) is 0 Å². The molecule has 0 radical (unpaired) electrons. The molecule has 1 saturated heterocycles.